The van der Waals surface area contributed by atoms with Crippen LogP contribution in [0.2, 0.25) is 0 Å². The maximum absolute atomic E-state index is 10.8. The molecule has 64 heavy (non-hydrogen) atoms. The fraction of sp³-hybridized carbons (Fsp3) is 0.0179. The van der Waals surface area contributed by atoms with Gasteiger partial charge in [0.25, 0.3) is 0 Å². The summed E-state index contributed by atoms with van der Waals surface area (Å²) in [5.41, 5.74) is 11.6. The minimum Gasteiger partial charge on any atom is -0.308 e. The summed E-state index contributed by atoms with van der Waals surface area (Å²) < 4.78 is 2.19. The number of aryl methyl sites for hydroxylation is 1. The average Bonchev–Trinajstić information content (AvgIpc) is 3.69. The van der Waals surface area contributed by atoms with Gasteiger partial charge in [-0.15, -0.1) is 0 Å². The lowest BCUT2D eigenvalue weighted by Crippen LogP contribution is -2.05. The van der Waals surface area contributed by atoms with Crippen LogP contribution in [0.1, 0.15) is 27.8 Å². The van der Waals surface area contributed by atoms with Crippen molar-refractivity contribution in [2.75, 3.05) is 0 Å². The lowest BCUT2D eigenvalue weighted by atomic mass is 9.88. The lowest BCUT2D eigenvalue weighted by molar-refractivity contribution is 1.07. The van der Waals surface area contributed by atoms with Crippen molar-refractivity contribution in [2.45, 2.75) is 6.92 Å². The van der Waals surface area contributed by atoms with Gasteiger partial charge in [-0.25, -0.2) is 15.0 Å². The lowest BCUT2D eigenvalue weighted by Gasteiger charge is -2.22. The van der Waals surface area contributed by atoms with E-state index in [-0.39, 0.29) is 11.1 Å². The van der Waals surface area contributed by atoms with E-state index < -0.39 is 0 Å². The second kappa shape index (κ2) is 16.2. The van der Waals surface area contributed by atoms with Gasteiger partial charge < -0.3 is 4.57 Å². The first-order valence-electron chi connectivity index (χ1n) is 20.5. The topological polar surface area (TPSA) is 139 Å². The summed E-state index contributed by atoms with van der Waals surface area (Å²) in [5.74, 6) is 1.30. The number of fused-ring (bicyclic) bond motifs is 3. The molecule has 0 N–H and O–H groups in total. The monoisotopic (exact) mass is 816 g/mol. The van der Waals surface area contributed by atoms with Crippen LogP contribution in [-0.4, -0.2) is 19.5 Å². The molecule has 0 unspecified atom stereocenters. The first-order chi connectivity index (χ1) is 31.4. The van der Waals surface area contributed by atoms with E-state index >= 15 is 0 Å². The number of benzene rings is 8. The highest BCUT2D eigenvalue weighted by Crippen LogP contribution is 2.46. The molecular formula is C56H32N8. The molecule has 0 aliphatic heterocycles. The van der Waals surface area contributed by atoms with Crippen LogP contribution in [0, 0.1) is 52.2 Å². The average molecular weight is 817 g/mol. The predicted octanol–water partition coefficient (Wildman–Crippen LogP) is 12.8. The summed E-state index contributed by atoms with van der Waals surface area (Å²) in [5, 5.41) is 43.5. The summed E-state index contributed by atoms with van der Waals surface area (Å²) in [6.45, 7) is 2.07. The fourth-order valence-corrected chi connectivity index (χ4v) is 8.37. The molecule has 0 atom stereocenters. The summed E-state index contributed by atoms with van der Waals surface area (Å²) in [6.07, 6.45) is 0. The Morgan fingerprint density at radius 3 is 1.39 bits per heavy atom. The molecule has 2 heterocycles. The molecule has 10 rings (SSSR count). The van der Waals surface area contributed by atoms with Gasteiger partial charge in [-0.1, -0.05) is 127 Å². The largest absolute Gasteiger partial charge is 0.308 e. The zero-order valence-electron chi connectivity index (χ0n) is 34.3. The molecule has 296 valence electrons. The molecule has 2 aromatic heterocycles. The molecule has 0 radical (unpaired) electrons. The van der Waals surface area contributed by atoms with Crippen molar-refractivity contribution in [3.8, 4) is 97.5 Å². The number of para-hydroxylation sites is 1. The van der Waals surface area contributed by atoms with Gasteiger partial charge in [-0.2, -0.15) is 21.0 Å². The van der Waals surface area contributed by atoms with Gasteiger partial charge in [0, 0.05) is 49.7 Å². The summed E-state index contributed by atoms with van der Waals surface area (Å²) in [7, 11) is 0. The maximum Gasteiger partial charge on any atom is 0.164 e. The van der Waals surface area contributed by atoms with Gasteiger partial charge >= 0.3 is 0 Å². The van der Waals surface area contributed by atoms with Crippen molar-refractivity contribution in [2.24, 2.45) is 0 Å². The highest BCUT2D eigenvalue weighted by Gasteiger charge is 2.26. The standard InChI is InChI=1S/C56H32N8/c1-35-16-20-38(21-17-35)41-22-25-52-48(28-41)47-14-8-9-15-51(47)64(52)53-49(45-23-18-36(31-57)26-43(45)33-59)29-42(30-50(53)46-24-19-37(32-58)27-44(46)34-60)56-62-54(39-10-4-2-5-11-39)61-55(63-56)40-12-6-3-7-13-40/h2-30H,1H3. The van der Waals surface area contributed by atoms with E-state index in [9.17, 15) is 21.0 Å². The quantitative estimate of drug-likeness (QED) is 0.156. The number of nitriles is 4. The molecule has 0 saturated carbocycles. The molecular weight excluding hydrogens is 785 g/mol. The molecule has 0 aliphatic carbocycles. The second-order valence-corrected chi connectivity index (χ2v) is 15.4. The highest BCUT2D eigenvalue weighted by atomic mass is 15.0. The van der Waals surface area contributed by atoms with Crippen molar-refractivity contribution >= 4 is 21.8 Å². The van der Waals surface area contributed by atoms with Crippen LogP contribution in [0.3, 0.4) is 0 Å². The van der Waals surface area contributed by atoms with Crippen LogP contribution in [-0.2, 0) is 0 Å². The minimum atomic E-state index is 0.289. The minimum absolute atomic E-state index is 0.289. The van der Waals surface area contributed by atoms with Crippen LogP contribution >= 0.6 is 0 Å². The van der Waals surface area contributed by atoms with E-state index in [1.54, 1.807) is 36.4 Å². The van der Waals surface area contributed by atoms with Crippen molar-refractivity contribution < 1.29 is 0 Å². The van der Waals surface area contributed by atoms with Crippen LogP contribution in [0.15, 0.2) is 176 Å². The first-order valence-corrected chi connectivity index (χ1v) is 20.5. The Labute approximate surface area is 369 Å². The Balaban J connectivity index is 1.37. The molecule has 0 aliphatic rings. The van der Waals surface area contributed by atoms with E-state index in [0.29, 0.717) is 62.1 Å². The zero-order valence-corrected chi connectivity index (χ0v) is 34.3. The molecule has 0 fully saturated rings. The first kappa shape index (κ1) is 38.7. The SMILES string of the molecule is Cc1ccc(-c2ccc3c(c2)c2ccccc2n3-c2c(-c3ccc(C#N)cc3C#N)cc(-c3nc(-c4ccccc4)nc(-c4ccccc4)n3)cc2-c2ccc(C#N)cc2C#N)cc1. The van der Waals surface area contributed by atoms with Crippen LogP contribution in [0.5, 0.6) is 0 Å². The van der Waals surface area contributed by atoms with Crippen LogP contribution in [0.4, 0.5) is 0 Å². The van der Waals surface area contributed by atoms with Gasteiger partial charge in [0.1, 0.15) is 0 Å². The van der Waals surface area contributed by atoms with E-state index in [0.717, 1.165) is 44.1 Å². The van der Waals surface area contributed by atoms with Gasteiger partial charge in [-0.05, 0) is 72.6 Å². The maximum atomic E-state index is 10.8. The normalized spacial score (nSPS) is 10.8. The summed E-state index contributed by atoms with van der Waals surface area (Å²) >= 11 is 0. The third-order valence-corrected chi connectivity index (χ3v) is 11.5. The summed E-state index contributed by atoms with van der Waals surface area (Å²) in [6, 6.07) is 65.8. The second-order valence-electron chi connectivity index (χ2n) is 15.4. The predicted molar refractivity (Wildman–Crippen MR) is 250 cm³/mol. The Morgan fingerprint density at radius 1 is 0.375 bits per heavy atom. The fourth-order valence-electron chi connectivity index (χ4n) is 8.37. The number of rotatable bonds is 7. The molecule has 0 spiro atoms. The van der Waals surface area contributed by atoms with Gasteiger partial charge in [0.2, 0.25) is 0 Å². The molecule has 10 aromatic rings. The third kappa shape index (κ3) is 6.87. The number of hydrogen-bond donors (Lipinski definition) is 0. The molecule has 0 bridgehead atoms. The van der Waals surface area contributed by atoms with Crippen molar-refractivity contribution in [1.29, 1.82) is 21.0 Å². The van der Waals surface area contributed by atoms with Crippen molar-refractivity contribution in [3.05, 3.63) is 204 Å². The van der Waals surface area contributed by atoms with Crippen LogP contribution in [0.25, 0.3) is 95.0 Å². The molecule has 0 amide bonds. The Morgan fingerprint density at radius 2 is 0.859 bits per heavy atom. The van der Waals surface area contributed by atoms with E-state index in [4.69, 9.17) is 15.0 Å². The number of nitrogens with zero attached hydrogens (tertiary/aromatic N) is 8. The summed E-state index contributed by atoms with van der Waals surface area (Å²) in [4.78, 5) is 15.1. The van der Waals surface area contributed by atoms with Gasteiger partial charge in [-0.3, -0.25) is 0 Å². The van der Waals surface area contributed by atoms with Gasteiger partial charge in [0.15, 0.2) is 17.5 Å². The molecule has 8 nitrogen and oxygen atoms in total. The zero-order chi connectivity index (χ0) is 43.7. The van der Waals surface area contributed by atoms with E-state index in [1.165, 1.54) is 5.56 Å². The smallest absolute Gasteiger partial charge is 0.164 e. The third-order valence-electron chi connectivity index (χ3n) is 11.5. The molecule has 8 heteroatoms. The number of hydrogen-bond acceptors (Lipinski definition) is 7. The Hall–Kier alpha value is -9.47. The van der Waals surface area contributed by atoms with Crippen LogP contribution < -0.4 is 0 Å². The van der Waals surface area contributed by atoms with Crippen molar-refractivity contribution in [1.82, 2.24) is 19.5 Å². The number of aromatic nitrogens is 4. The Kier molecular flexibility index (Phi) is 9.79. The van der Waals surface area contributed by atoms with Gasteiger partial charge in [0.05, 0.1) is 63.3 Å². The highest BCUT2D eigenvalue weighted by molar-refractivity contribution is 6.12. The van der Waals surface area contributed by atoms with Crippen molar-refractivity contribution in [3.63, 3.8) is 0 Å². The van der Waals surface area contributed by atoms with E-state index in [2.05, 4.69) is 90.4 Å². The molecule has 8 aromatic carbocycles. The van der Waals surface area contributed by atoms with E-state index in [1.807, 2.05) is 84.9 Å². The Bertz CT molecular complexity index is 3500. The molecule has 0 saturated heterocycles.